The van der Waals surface area contributed by atoms with E-state index in [9.17, 15) is 5.11 Å². The SMILES string of the molecule is CC(O)(CNc1nnc(Cc2ccc(Cl)cc2)s1)c1ccco1. The summed E-state index contributed by atoms with van der Waals surface area (Å²) in [6.45, 7) is 1.98. The van der Waals surface area contributed by atoms with Crippen molar-refractivity contribution in [3.8, 4) is 0 Å². The molecular formula is C16H16ClN3O2S. The first kappa shape index (κ1) is 16.0. The fraction of sp³-hybridized carbons (Fsp3) is 0.250. The molecule has 120 valence electrons. The molecule has 3 aromatic rings. The van der Waals surface area contributed by atoms with Gasteiger partial charge in [-0.05, 0) is 36.8 Å². The lowest BCUT2D eigenvalue weighted by Crippen LogP contribution is -2.30. The molecule has 7 heteroatoms. The predicted molar refractivity (Wildman–Crippen MR) is 90.9 cm³/mol. The van der Waals surface area contributed by atoms with E-state index in [1.54, 1.807) is 25.3 Å². The number of halogens is 1. The Bertz CT molecular complexity index is 754. The van der Waals surface area contributed by atoms with Gasteiger partial charge >= 0.3 is 0 Å². The number of anilines is 1. The minimum atomic E-state index is -1.11. The number of furan rings is 1. The number of hydrogen-bond donors (Lipinski definition) is 2. The molecule has 1 unspecified atom stereocenters. The molecule has 23 heavy (non-hydrogen) atoms. The van der Waals surface area contributed by atoms with Gasteiger partial charge in [0.1, 0.15) is 16.4 Å². The highest BCUT2D eigenvalue weighted by Crippen LogP contribution is 2.24. The number of aliphatic hydroxyl groups is 1. The van der Waals surface area contributed by atoms with Gasteiger partial charge < -0.3 is 14.8 Å². The molecule has 2 aromatic heterocycles. The molecule has 0 aliphatic heterocycles. The molecule has 3 rings (SSSR count). The van der Waals surface area contributed by atoms with E-state index in [0.717, 1.165) is 10.6 Å². The van der Waals surface area contributed by atoms with Crippen molar-refractivity contribution in [2.45, 2.75) is 18.9 Å². The molecule has 2 N–H and O–H groups in total. The van der Waals surface area contributed by atoms with Crippen molar-refractivity contribution in [2.75, 3.05) is 11.9 Å². The predicted octanol–water partition coefficient (Wildman–Crippen LogP) is 3.69. The van der Waals surface area contributed by atoms with Crippen LogP contribution in [0.3, 0.4) is 0 Å². The minimum absolute atomic E-state index is 0.288. The summed E-state index contributed by atoms with van der Waals surface area (Å²) >= 11 is 7.34. The molecule has 0 aliphatic rings. The fourth-order valence-electron chi connectivity index (χ4n) is 2.09. The normalized spacial score (nSPS) is 13.7. The van der Waals surface area contributed by atoms with Crippen molar-refractivity contribution in [3.63, 3.8) is 0 Å². The Morgan fingerprint density at radius 3 is 2.74 bits per heavy atom. The lowest BCUT2D eigenvalue weighted by atomic mass is 10.0. The molecule has 0 saturated heterocycles. The Kier molecular flexibility index (Phi) is 4.66. The Labute approximate surface area is 142 Å². The van der Waals surface area contributed by atoms with Crippen LogP contribution in [0.25, 0.3) is 0 Å². The van der Waals surface area contributed by atoms with E-state index in [4.69, 9.17) is 16.0 Å². The third-order valence-corrected chi connectivity index (χ3v) is 4.50. The highest BCUT2D eigenvalue weighted by Gasteiger charge is 2.26. The number of hydrogen-bond acceptors (Lipinski definition) is 6. The van der Waals surface area contributed by atoms with Gasteiger partial charge in [0.15, 0.2) is 0 Å². The van der Waals surface area contributed by atoms with Crippen molar-refractivity contribution in [3.05, 3.63) is 64.0 Å². The van der Waals surface area contributed by atoms with Crippen molar-refractivity contribution < 1.29 is 9.52 Å². The van der Waals surface area contributed by atoms with Gasteiger partial charge in [-0.15, -0.1) is 10.2 Å². The second kappa shape index (κ2) is 6.70. The van der Waals surface area contributed by atoms with Gasteiger partial charge in [-0.25, -0.2) is 0 Å². The molecule has 0 fully saturated rings. The summed E-state index contributed by atoms with van der Waals surface area (Å²) in [5.41, 5.74) is 0.0191. The van der Waals surface area contributed by atoms with Crippen LogP contribution in [0.2, 0.25) is 5.02 Å². The van der Waals surface area contributed by atoms with E-state index in [-0.39, 0.29) is 6.54 Å². The summed E-state index contributed by atoms with van der Waals surface area (Å²) in [7, 11) is 0. The number of rotatable bonds is 6. The molecule has 0 saturated carbocycles. The van der Waals surface area contributed by atoms with Gasteiger partial charge in [0.25, 0.3) is 0 Å². The van der Waals surface area contributed by atoms with E-state index < -0.39 is 5.60 Å². The zero-order valence-electron chi connectivity index (χ0n) is 12.5. The second-order valence-corrected chi connectivity index (χ2v) is 6.91. The van der Waals surface area contributed by atoms with Crippen LogP contribution < -0.4 is 5.32 Å². The van der Waals surface area contributed by atoms with Gasteiger partial charge in [-0.1, -0.05) is 35.1 Å². The van der Waals surface area contributed by atoms with E-state index in [0.29, 0.717) is 22.3 Å². The smallest absolute Gasteiger partial charge is 0.205 e. The van der Waals surface area contributed by atoms with E-state index in [2.05, 4.69) is 15.5 Å². The quantitative estimate of drug-likeness (QED) is 0.710. The van der Waals surface area contributed by atoms with Gasteiger partial charge in [-0.3, -0.25) is 0 Å². The molecule has 1 aromatic carbocycles. The molecule has 2 heterocycles. The van der Waals surface area contributed by atoms with Gasteiger partial charge in [0, 0.05) is 11.4 Å². The first-order chi connectivity index (χ1) is 11.0. The maximum absolute atomic E-state index is 10.4. The Morgan fingerprint density at radius 1 is 1.26 bits per heavy atom. The van der Waals surface area contributed by atoms with Gasteiger partial charge in [0.2, 0.25) is 5.13 Å². The molecule has 0 bridgehead atoms. The summed E-state index contributed by atoms with van der Waals surface area (Å²) in [4.78, 5) is 0. The first-order valence-electron chi connectivity index (χ1n) is 7.10. The van der Waals surface area contributed by atoms with E-state index in [1.165, 1.54) is 11.3 Å². The van der Waals surface area contributed by atoms with Crippen LogP contribution in [0.5, 0.6) is 0 Å². The monoisotopic (exact) mass is 349 g/mol. The highest BCUT2D eigenvalue weighted by molar-refractivity contribution is 7.15. The summed E-state index contributed by atoms with van der Waals surface area (Å²) in [5.74, 6) is 0.510. The third kappa shape index (κ3) is 4.10. The molecule has 0 aliphatic carbocycles. The van der Waals surface area contributed by atoms with Gasteiger partial charge in [0.05, 0.1) is 12.8 Å². The van der Waals surface area contributed by atoms with Crippen LogP contribution in [-0.2, 0) is 12.0 Å². The molecular weight excluding hydrogens is 334 g/mol. The molecule has 5 nitrogen and oxygen atoms in total. The summed E-state index contributed by atoms with van der Waals surface area (Å²) in [6, 6.07) is 11.2. The van der Waals surface area contributed by atoms with Crippen molar-refractivity contribution >= 4 is 28.1 Å². The maximum atomic E-state index is 10.4. The lowest BCUT2D eigenvalue weighted by molar-refractivity contribution is 0.0476. The number of nitrogens with zero attached hydrogens (tertiary/aromatic N) is 2. The molecule has 0 radical (unpaired) electrons. The Balaban J connectivity index is 1.60. The van der Waals surface area contributed by atoms with Crippen LogP contribution in [0.1, 0.15) is 23.3 Å². The summed E-state index contributed by atoms with van der Waals surface area (Å²) < 4.78 is 5.25. The second-order valence-electron chi connectivity index (χ2n) is 5.41. The van der Waals surface area contributed by atoms with Crippen molar-refractivity contribution in [1.29, 1.82) is 0 Å². The van der Waals surface area contributed by atoms with E-state index >= 15 is 0 Å². The fourth-order valence-corrected chi connectivity index (χ4v) is 2.99. The standard InChI is InChI=1S/C16H16ClN3O2S/c1-16(21,13-3-2-8-22-13)10-18-15-20-19-14(23-15)9-11-4-6-12(17)7-5-11/h2-8,21H,9-10H2,1H3,(H,18,20). The minimum Gasteiger partial charge on any atom is -0.466 e. The topological polar surface area (TPSA) is 71.2 Å². The zero-order chi connectivity index (χ0) is 16.3. The van der Waals surface area contributed by atoms with Gasteiger partial charge in [-0.2, -0.15) is 0 Å². The first-order valence-corrected chi connectivity index (χ1v) is 8.29. The average Bonchev–Trinajstić information content (AvgIpc) is 3.19. The zero-order valence-corrected chi connectivity index (χ0v) is 14.1. The lowest BCUT2D eigenvalue weighted by Gasteiger charge is -2.20. The number of nitrogens with one attached hydrogen (secondary N) is 1. The Morgan fingerprint density at radius 2 is 2.04 bits per heavy atom. The third-order valence-electron chi connectivity index (χ3n) is 3.37. The van der Waals surface area contributed by atoms with Crippen LogP contribution in [0, 0.1) is 0 Å². The Hall–Kier alpha value is -1.89. The van der Waals surface area contributed by atoms with Crippen LogP contribution in [0.4, 0.5) is 5.13 Å². The average molecular weight is 350 g/mol. The largest absolute Gasteiger partial charge is 0.466 e. The van der Waals surface area contributed by atoms with Crippen molar-refractivity contribution in [2.24, 2.45) is 0 Å². The number of benzene rings is 1. The van der Waals surface area contributed by atoms with Crippen molar-refractivity contribution in [1.82, 2.24) is 10.2 Å². The van der Waals surface area contributed by atoms with Crippen LogP contribution >= 0.6 is 22.9 Å². The van der Waals surface area contributed by atoms with Crippen LogP contribution in [-0.4, -0.2) is 21.8 Å². The number of aromatic nitrogens is 2. The summed E-state index contributed by atoms with van der Waals surface area (Å²) in [6.07, 6.45) is 2.24. The highest BCUT2D eigenvalue weighted by atomic mass is 35.5. The maximum Gasteiger partial charge on any atom is 0.205 e. The van der Waals surface area contributed by atoms with E-state index in [1.807, 2.05) is 24.3 Å². The molecule has 0 spiro atoms. The molecule has 1 atom stereocenters. The molecule has 0 amide bonds. The summed E-state index contributed by atoms with van der Waals surface area (Å²) in [5, 5.41) is 24.0. The van der Waals surface area contributed by atoms with Crippen LogP contribution in [0.15, 0.2) is 47.1 Å².